The first kappa shape index (κ1) is 51.0. The highest BCUT2D eigenvalue weighted by Gasteiger charge is 2.31. The third kappa shape index (κ3) is 20.6. The highest BCUT2D eigenvalue weighted by atomic mass is 35.5. The highest BCUT2D eigenvalue weighted by Crippen LogP contribution is 2.35. The van der Waals surface area contributed by atoms with Gasteiger partial charge >= 0.3 is 0 Å². The number of hydrogen-bond acceptors (Lipinski definition) is 9. The van der Waals surface area contributed by atoms with Crippen molar-refractivity contribution in [3.63, 3.8) is 0 Å². The number of hydrogen-bond donors (Lipinski definition) is 5. The molecule has 3 unspecified atom stereocenters. The van der Waals surface area contributed by atoms with Crippen LogP contribution in [-0.4, -0.2) is 72.7 Å². The Labute approximate surface area is 357 Å². The van der Waals surface area contributed by atoms with E-state index in [-0.39, 0.29) is 38.1 Å². The Bertz CT molecular complexity index is 1690. The topological polar surface area (TPSA) is 144 Å². The molecule has 1 aliphatic carbocycles. The summed E-state index contributed by atoms with van der Waals surface area (Å²) in [6, 6.07) is 43.4. The maximum Gasteiger partial charge on any atom is 0.119 e. The van der Waals surface area contributed by atoms with E-state index in [1.807, 2.05) is 117 Å². The first-order valence-corrected chi connectivity index (χ1v) is 20.8. The molecule has 5 aromatic rings. The molecule has 1 heterocycles. The third-order valence-corrected chi connectivity index (χ3v) is 9.30. The van der Waals surface area contributed by atoms with Crippen molar-refractivity contribution in [3.05, 3.63) is 172 Å². The number of aliphatic hydroxyl groups excluding tert-OH is 4. The van der Waals surface area contributed by atoms with Gasteiger partial charge < -0.3 is 45.1 Å². The second-order valence-corrected chi connectivity index (χ2v) is 13.6. The van der Waals surface area contributed by atoms with E-state index in [9.17, 15) is 5.11 Å². The molecule has 0 amide bonds. The van der Waals surface area contributed by atoms with Gasteiger partial charge in [-0.15, -0.1) is 0 Å². The highest BCUT2D eigenvalue weighted by molar-refractivity contribution is 6.31. The van der Waals surface area contributed by atoms with Gasteiger partial charge in [0.25, 0.3) is 0 Å². The van der Waals surface area contributed by atoms with E-state index in [0.717, 1.165) is 57.7 Å². The maximum atomic E-state index is 9.85. The van der Waals surface area contributed by atoms with Crippen LogP contribution in [0, 0.1) is 0 Å². The van der Waals surface area contributed by atoms with Crippen molar-refractivity contribution in [2.24, 2.45) is 5.73 Å². The summed E-state index contributed by atoms with van der Waals surface area (Å²) < 4.78 is 23.9. The van der Waals surface area contributed by atoms with Gasteiger partial charge in [-0.05, 0) is 77.9 Å². The van der Waals surface area contributed by atoms with Crippen molar-refractivity contribution < 1.29 is 39.4 Å². The third-order valence-electron chi connectivity index (χ3n) is 8.93. The Morgan fingerprint density at radius 1 is 0.627 bits per heavy atom. The molecule has 1 saturated carbocycles. The molecule has 7 rings (SSSR count). The van der Waals surface area contributed by atoms with E-state index in [1.54, 1.807) is 0 Å². The molecule has 1 saturated heterocycles. The summed E-state index contributed by atoms with van der Waals surface area (Å²) in [6.07, 6.45) is 4.54. The molecule has 10 heteroatoms. The van der Waals surface area contributed by atoms with E-state index in [2.05, 4.69) is 36.1 Å². The van der Waals surface area contributed by atoms with Gasteiger partial charge in [0, 0.05) is 25.0 Å². The van der Waals surface area contributed by atoms with Crippen LogP contribution in [0.5, 0.6) is 5.75 Å². The summed E-state index contributed by atoms with van der Waals surface area (Å²) in [7, 11) is 2.50. The maximum absolute atomic E-state index is 9.85. The lowest BCUT2D eigenvalue weighted by molar-refractivity contribution is -0.133. The summed E-state index contributed by atoms with van der Waals surface area (Å²) >= 11 is 6.59. The largest absolute Gasteiger partial charge is 0.491 e. The van der Waals surface area contributed by atoms with Crippen LogP contribution in [0.25, 0.3) is 0 Å². The number of nitrogens with two attached hydrogens (primary N) is 1. The lowest BCUT2D eigenvalue weighted by Crippen LogP contribution is -2.35. The summed E-state index contributed by atoms with van der Waals surface area (Å²) in [5.74, 6) is 0.843. The number of ether oxygens (including phenoxy) is 4. The van der Waals surface area contributed by atoms with Crippen molar-refractivity contribution in [2.75, 3.05) is 34.0 Å². The molecule has 9 nitrogen and oxygen atoms in total. The van der Waals surface area contributed by atoms with Gasteiger partial charge in [-0.1, -0.05) is 141 Å². The van der Waals surface area contributed by atoms with Crippen LogP contribution in [0.15, 0.2) is 133 Å². The SMILES string of the molecule is CC.CN.CO.OCC1CC(OCc2ccccc2)CC(c2ccc(Cl)c(Cc3ccc(OCCOC4CC4)cc3)c2)O1.OCc1ccccc1.OCc1ccccc1. The first-order chi connectivity index (χ1) is 29.0. The van der Waals surface area contributed by atoms with Crippen molar-refractivity contribution >= 4 is 11.6 Å². The fourth-order valence-corrected chi connectivity index (χ4v) is 6.04. The van der Waals surface area contributed by atoms with Crippen molar-refractivity contribution in [2.45, 2.75) is 90.2 Å². The van der Waals surface area contributed by atoms with Crippen LogP contribution in [0.4, 0.5) is 0 Å². The molecule has 1 aliphatic heterocycles. The normalized spacial score (nSPS) is 16.3. The average Bonchev–Trinajstić information content (AvgIpc) is 4.16. The lowest BCUT2D eigenvalue weighted by atomic mass is 9.94. The Kier molecular flexibility index (Phi) is 27.4. The lowest BCUT2D eigenvalue weighted by Gasteiger charge is -2.35. The monoisotopic (exact) mass is 831 g/mol. The summed E-state index contributed by atoms with van der Waals surface area (Å²) in [6.45, 7) is 6.00. The smallest absolute Gasteiger partial charge is 0.119 e. The summed E-state index contributed by atoms with van der Waals surface area (Å²) in [5, 5.41) is 34.7. The molecule has 5 aromatic carbocycles. The molecule has 2 fully saturated rings. The minimum Gasteiger partial charge on any atom is -0.491 e. The molecule has 0 spiro atoms. The number of benzene rings is 5. The predicted molar refractivity (Wildman–Crippen MR) is 238 cm³/mol. The molecule has 2 aliphatic rings. The van der Waals surface area contributed by atoms with Crippen molar-refractivity contribution in [3.8, 4) is 5.75 Å². The van der Waals surface area contributed by atoms with E-state index in [4.69, 9.17) is 45.9 Å². The molecule has 0 radical (unpaired) electrons. The Hall–Kier alpha value is -4.13. The summed E-state index contributed by atoms with van der Waals surface area (Å²) in [5.41, 5.74) is 10.8. The van der Waals surface area contributed by atoms with Crippen LogP contribution in [-0.2, 0) is 40.5 Å². The molecule has 6 N–H and O–H groups in total. The van der Waals surface area contributed by atoms with Crippen LogP contribution >= 0.6 is 11.6 Å². The van der Waals surface area contributed by atoms with Gasteiger partial charge in [0.1, 0.15) is 12.4 Å². The van der Waals surface area contributed by atoms with E-state index in [1.165, 1.54) is 19.9 Å². The van der Waals surface area contributed by atoms with Gasteiger partial charge in [0.15, 0.2) is 0 Å². The fraction of sp³-hybridized carbons (Fsp3) is 0.388. The first-order valence-electron chi connectivity index (χ1n) is 20.4. The van der Waals surface area contributed by atoms with Crippen molar-refractivity contribution in [1.29, 1.82) is 0 Å². The molecular formula is C49H66ClNO8. The molecule has 322 valence electrons. The number of halogens is 1. The van der Waals surface area contributed by atoms with Crippen molar-refractivity contribution in [1.82, 2.24) is 0 Å². The second-order valence-electron chi connectivity index (χ2n) is 13.2. The standard InChI is InChI=1S/C31H35ClO5.2C7H8O.C2H6.CH5N.CH4O/c32-30-13-8-24(31-19-28(18-29(20-33)37-31)36-21-23-4-2-1-3-5-23)17-25(30)16-22-6-9-26(10-7-22)34-14-15-35-27-11-12-27;2*8-6-7-4-2-1-3-5-7;3*1-2/h1-10,13,17,27-29,31,33H,11-12,14-16,18-21H2;2*1-5,8H,6H2;1-2H3;2H2,1H3;2H,1H3. The minimum atomic E-state index is -0.249. The number of rotatable bonds is 14. The zero-order chi connectivity index (χ0) is 43.1. The van der Waals surface area contributed by atoms with Gasteiger partial charge in [-0.3, -0.25) is 0 Å². The Morgan fingerprint density at radius 3 is 1.66 bits per heavy atom. The van der Waals surface area contributed by atoms with Gasteiger partial charge in [-0.25, -0.2) is 0 Å². The van der Waals surface area contributed by atoms with E-state index >= 15 is 0 Å². The quantitative estimate of drug-likeness (QED) is 0.0694. The molecule has 0 bridgehead atoms. The van der Waals surface area contributed by atoms with Gasteiger partial charge in [0.2, 0.25) is 0 Å². The average molecular weight is 833 g/mol. The van der Waals surface area contributed by atoms with Crippen LogP contribution in [0.1, 0.15) is 79.0 Å². The van der Waals surface area contributed by atoms with Gasteiger partial charge in [-0.2, -0.15) is 0 Å². The van der Waals surface area contributed by atoms with Crippen LogP contribution in [0.3, 0.4) is 0 Å². The van der Waals surface area contributed by atoms with Gasteiger partial charge in [0.05, 0.1) is 57.5 Å². The van der Waals surface area contributed by atoms with E-state index < -0.39 is 0 Å². The zero-order valence-electron chi connectivity index (χ0n) is 35.2. The Balaban J connectivity index is 0.000000446. The van der Waals surface area contributed by atoms with E-state index in [0.29, 0.717) is 38.8 Å². The minimum absolute atomic E-state index is 0.0115. The fourth-order valence-electron chi connectivity index (χ4n) is 5.86. The number of aliphatic hydroxyl groups is 4. The molecule has 59 heavy (non-hydrogen) atoms. The summed E-state index contributed by atoms with van der Waals surface area (Å²) in [4.78, 5) is 0. The van der Waals surface area contributed by atoms with Crippen LogP contribution < -0.4 is 10.5 Å². The molecular weight excluding hydrogens is 766 g/mol. The predicted octanol–water partition coefficient (Wildman–Crippen LogP) is 8.85. The zero-order valence-corrected chi connectivity index (χ0v) is 35.9. The van der Waals surface area contributed by atoms with Crippen LogP contribution in [0.2, 0.25) is 5.02 Å². The Morgan fingerprint density at radius 2 is 1.17 bits per heavy atom. The molecule has 3 atom stereocenters. The second kappa shape index (κ2) is 31.7. The molecule has 0 aromatic heterocycles.